The fraction of sp³-hybridized carbons (Fsp3) is 0.500. The van der Waals surface area contributed by atoms with Gasteiger partial charge in [0.2, 0.25) is 5.91 Å². The summed E-state index contributed by atoms with van der Waals surface area (Å²) in [6.07, 6.45) is 3.36. The predicted octanol–water partition coefficient (Wildman–Crippen LogP) is 0.453. The van der Waals surface area contributed by atoms with E-state index < -0.39 is 47.6 Å². The second-order valence-electron chi connectivity index (χ2n) is 9.04. The first-order valence-electron chi connectivity index (χ1n) is 12.0. The molecule has 2 heterocycles. The van der Waals surface area contributed by atoms with Crippen molar-refractivity contribution in [1.82, 2.24) is 9.80 Å². The number of rotatable bonds is 9. The van der Waals surface area contributed by atoms with Gasteiger partial charge in [-0.3, -0.25) is 29.5 Å². The van der Waals surface area contributed by atoms with Crippen LogP contribution >= 0.6 is 0 Å². The van der Waals surface area contributed by atoms with Crippen LogP contribution in [0.1, 0.15) is 66.8 Å². The van der Waals surface area contributed by atoms with Gasteiger partial charge in [0, 0.05) is 25.1 Å². The van der Waals surface area contributed by atoms with Gasteiger partial charge in [-0.15, -0.1) is 0 Å². The van der Waals surface area contributed by atoms with Gasteiger partial charge >= 0.3 is 11.9 Å². The average molecular weight is 518 g/mol. The summed E-state index contributed by atoms with van der Waals surface area (Å²) in [5.74, 6) is -5.11. The zero-order valence-electron chi connectivity index (χ0n) is 20.3. The molecular weight excluding hydrogens is 486 g/mol. The molecule has 37 heavy (non-hydrogen) atoms. The summed E-state index contributed by atoms with van der Waals surface area (Å²) in [5, 5.41) is 26.2. The third-order valence-electron chi connectivity index (χ3n) is 6.61. The molecular formula is C24H31N5O8. The summed E-state index contributed by atoms with van der Waals surface area (Å²) >= 11 is 0. The zero-order valence-corrected chi connectivity index (χ0v) is 20.3. The molecule has 1 saturated heterocycles. The van der Waals surface area contributed by atoms with Gasteiger partial charge in [0.15, 0.2) is 5.76 Å². The SMILES string of the molecule is N=C(N)c1cc(C(=O)N(C(=O)[C@@H]2CCCN2C(=O)CN)C2CCCCC2=CC(=O)O)oc1CCC(=O)O. The van der Waals surface area contributed by atoms with Crippen LogP contribution in [-0.2, 0) is 25.6 Å². The Bertz CT molecular complexity index is 1140. The number of carboxylic acids is 2. The molecule has 200 valence electrons. The van der Waals surface area contributed by atoms with Crippen LogP contribution in [0.15, 0.2) is 22.1 Å². The van der Waals surface area contributed by atoms with Gasteiger partial charge in [0.1, 0.15) is 17.6 Å². The van der Waals surface area contributed by atoms with E-state index in [1.807, 2.05) is 0 Å². The van der Waals surface area contributed by atoms with Crippen LogP contribution in [0.5, 0.6) is 0 Å². The van der Waals surface area contributed by atoms with E-state index in [4.69, 9.17) is 26.4 Å². The maximum Gasteiger partial charge on any atom is 0.328 e. The molecule has 2 aliphatic rings. The molecule has 1 aliphatic heterocycles. The molecule has 13 nitrogen and oxygen atoms in total. The van der Waals surface area contributed by atoms with Gasteiger partial charge in [-0.05, 0) is 37.7 Å². The molecule has 0 aromatic carbocycles. The monoisotopic (exact) mass is 517 g/mol. The highest BCUT2D eigenvalue weighted by atomic mass is 16.4. The lowest BCUT2D eigenvalue weighted by Gasteiger charge is -2.37. The maximum atomic E-state index is 13.9. The molecule has 2 atom stereocenters. The van der Waals surface area contributed by atoms with Crippen LogP contribution in [0.2, 0.25) is 0 Å². The first-order chi connectivity index (χ1) is 17.5. The Kier molecular flexibility index (Phi) is 8.81. The molecule has 0 bridgehead atoms. The van der Waals surface area contributed by atoms with E-state index in [-0.39, 0.29) is 36.5 Å². The van der Waals surface area contributed by atoms with E-state index in [1.165, 1.54) is 11.0 Å². The number of carbonyl (C=O) groups excluding carboxylic acids is 3. The molecule has 3 amide bonds. The number of amidine groups is 1. The Labute approximate surface area is 212 Å². The number of nitrogens with two attached hydrogens (primary N) is 2. The van der Waals surface area contributed by atoms with E-state index in [0.717, 1.165) is 11.0 Å². The number of nitrogens with one attached hydrogen (secondary N) is 1. The minimum absolute atomic E-state index is 0.0106. The third-order valence-corrected chi connectivity index (χ3v) is 6.61. The first-order valence-corrected chi connectivity index (χ1v) is 12.0. The predicted molar refractivity (Wildman–Crippen MR) is 129 cm³/mol. The van der Waals surface area contributed by atoms with Crippen molar-refractivity contribution >= 4 is 35.5 Å². The molecule has 1 saturated carbocycles. The number of imide groups is 1. The Balaban J connectivity index is 2.07. The number of hydrogen-bond donors (Lipinski definition) is 5. The largest absolute Gasteiger partial charge is 0.481 e. The van der Waals surface area contributed by atoms with E-state index in [0.29, 0.717) is 50.6 Å². The summed E-state index contributed by atoms with van der Waals surface area (Å²) in [4.78, 5) is 64.9. The summed E-state index contributed by atoms with van der Waals surface area (Å²) in [6, 6.07) is -0.654. The van der Waals surface area contributed by atoms with Crippen molar-refractivity contribution in [2.24, 2.45) is 11.5 Å². The molecule has 2 fully saturated rings. The topological polar surface area (TPSA) is 221 Å². The van der Waals surface area contributed by atoms with Crippen molar-refractivity contribution < 1.29 is 38.6 Å². The number of nitrogens with zero attached hydrogens (tertiary/aromatic N) is 2. The van der Waals surface area contributed by atoms with Crippen molar-refractivity contribution in [2.45, 2.75) is 63.5 Å². The van der Waals surface area contributed by atoms with Gasteiger partial charge in [-0.2, -0.15) is 0 Å². The van der Waals surface area contributed by atoms with Crippen LogP contribution in [-0.4, -0.2) is 80.7 Å². The van der Waals surface area contributed by atoms with Gasteiger partial charge < -0.3 is 31.0 Å². The van der Waals surface area contributed by atoms with Gasteiger partial charge in [-0.1, -0.05) is 6.42 Å². The van der Waals surface area contributed by atoms with Crippen LogP contribution in [0.4, 0.5) is 0 Å². The Morgan fingerprint density at radius 3 is 2.51 bits per heavy atom. The first kappa shape index (κ1) is 27.6. The van der Waals surface area contributed by atoms with E-state index in [9.17, 15) is 29.1 Å². The zero-order chi connectivity index (χ0) is 27.3. The second-order valence-corrected chi connectivity index (χ2v) is 9.04. The minimum Gasteiger partial charge on any atom is -0.481 e. The number of aryl methyl sites for hydroxylation is 1. The van der Waals surface area contributed by atoms with E-state index in [2.05, 4.69) is 0 Å². The summed E-state index contributed by atoms with van der Waals surface area (Å²) in [5.41, 5.74) is 11.5. The van der Waals surface area contributed by atoms with Crippen molar-refractivity contribution in [3.63, 3.8) is 0 Å². The molecule has 0 spiro atoms. The van der Waals surface area contributed by atoms with Crippen LogP contribution in [0.3, 0.4) is 0 Å². The highest BCUT2D eigenvalue weighted by Gasteiger charge is 2.43. The standard InChI is InChI=1S/C24H31N5O8/c25-12-19(30)28-9-3-6-16(28)23(35)29(15-5-2-1-4-13(15)10-21(33)34)24(36)18-11-14(22(26)27)17(37-18)7-8-20(31)32/h10-11,15-16H,1-9,12,25H2,(H3,26,27)(H,31,32)(H,33,34)/t15?,16-/m0/s1. The molecule has 1 aromatic heterocycles. The van der Waals surface area contributed by atoms with E-state index >= 15 is 0 Å². The quantitative estimate of drug-likeness (QED) is 0.132. The smallest absolute Gasteiger partial charge is 0.328 e. The van der Waals surface area contributed by atoms with Crippen molar-refractivity contribution in [2.75, 3.05) is 13.1 Å². The summed E-state index contributed by atoms with van der Waals surface area (Å²) in [6.45, 7) is -0.00997. The van der Waals surface area contributed by atoms with Crippen molar-refractivity contribution in [3.05, 3.63) is 34.8 Å². The minimum atomic E-state index is -1.21. The summed E-state index contributed by atoms with van der Waals surface area (Å²) in [7, 11) is 0. The van der Waals surface area contributed by atoms with Gasteiger partial charge in [0.25, 0.3) is 11.8 Å². The highest BCUT2D eigenvalue weighted by molar-refractivity contribution is 6.08. The fourth-order valence-electron chi connectivity index (χ4n) is 4.92. The van der Waals surface area contributed by atoms with Crippen molar-refractivity contribution in [3.8, 4) is 0 Å². The second kappa shape index (κ2) is 11.8. The number of amides is 3. The molecule has 13 heteroatoms. The highest BCUT2D eigenvalue weighted by Crippen LogP contribution is 2.32. The molecule has 0 radical (unpaired) electrons. The normalized spacial score (nSPS) is 20.6. The third kappa shape index (κ3) is 6.23. The number of likely N-dealkylation sites (tertiary alicyclic amines) is 1. The fourth-order valence-corrected chi connectivity index (χ4v) is 4.92. The summed E-state index contributed by atoms with van der Waals surface area (Å²) < 4.78 is 5.62. The Morgan fingerprint density at radius 2 is 1.89 bits per heavy atom. The lowest BCUT2D eigenvalue weighted by atomic mass is 9.87. The number of furan rings is 1. The lowest BCUT2D eigenvalue weighted by molar-refractivity contribution is -0.142. The maximum absolute atomic E-state index is 13.9. The van der Waals surface area contributed by atoms with Crippen LogP contribution in [0.25, 0.3) is 0 Å². The van der Waals surface area contributed by atoms with Crippen LogP contribution < -0.4 is 11.5 Å². The lowest BCUT2D eigenvalue weighted by Crippen LogP contribution is -2.55. The number of carbonyl (C=O) groups is 5. The molecule has 1 unspecified atom stereocenters. The molecule has 3 rings (SSSR count). The molecule has 7 N–H and O–H groups in total. The molecule has 1 aromatic rings. The van der Waals surface area contributed by atoms with Crippen molar-refractivity contribution in [1.29, 1.82) is 5.41 Å². The number of hydrogen-bond acceptors (Lipinski definition) is 8. The van der Waals surface area contributed by atoms with Crippen LogP contribution in [0, 0.1) is 5.41 Å². The van der Waals surface area contributed by atoms with E-state index in [1.54, 1.807) is 0 Å². The number of aliphatic carboxylic acids is 2. The number of nitrogen functional groups attached to an aromatic ring is 1. The Morgan fingerprint density at radius 1 is 1.16 bits per heavy atom. The Hall–Kier alpha value is -4.00. The number of carboxylic acid groups (broad SMARTS) is 2. The molecule has 1 aliphatic carbocycles. The average Bonchev–Trinajstić information content (AvgIpc) is 3.50. The van der Waals surface area contributed by atoms with Gasteiger partial charge in [-0.25, -0.2) is 4.79 Å². The van der Waals surface area contributed by atoms with Gasteiger partial charge in [0.05, 0.1) is 24.6 Å².